The molecule has 1 saturated carbocycles. The Bertz CT molecular complexity index is 867. The fourth-order valence-corrected chi connectivity index (χ4v) is 3.73. The number of benzene rings is 2. The molecule has 28 heavy (non-hydrogen) atoms. The van der Waals surface area contributed by atoms with Crippen LogP contribution in [0.2, 0.25) is 0 Å². The lowest BCUT2D eigenvalue weighted by Gasteiger charge is -2.33. The Morgan fingerprint density at radius 2 is 1.39 bits per heavy atom. The van der Waals surface area contributed by atoms with Crippen molar-refractivity contribution in [3.05, 3.63) is 59.7 Å². The number of nitrogens with zero attached hydrogens (tertiary/aromatic N) is 1. The number of hydrogen-bond donors (Lipinski definition) is 3. The Balaban J connectivity index is 1.66. The molecule has 0 aromatic heterocycles. The van der Waals surface area contributed by atoms with Crippen LogP contribution in [0.15, 0.2) is 48.5 Å². The Labute approximate surface area is 164 Å². The minimum absolute atomic E-state index is 0.0351. The molecule has 0 bridgehead atoms. The fraction of sp³-hybridized carbons (Fsp3) is 0.318. The third kappa shape index (κ3) is 4.22. The predicted octanol–water partition coefficient (Wildman–Crippen LogP) is 3.35. The summed E-state index contributed by atoms with van der Waals surface area (Å²) in [6.07, 6.45) is 2.68. The molecule has 2 aromatic carbocycles. The highest BCUT2D eigenvalue weighted by Gasteiger charge is 2.30. The van der Waals surface area contributed by atoms with E-state index in [1.807, 2.05) is 36.4 Å². The molecule has 0 aliphatic heterocycles. The highest BCUT2D eigenvalue weighted by Crippen LogP contribution is 2.28. The Kier molecular flexibility index (Phi) is 5.78. The van der Waals surface area contributed by atoms with Crippen molar-refractivity contribution in [2.45, 2.75) is 31.7 Å². The van der Waals surface area contributed by atoms with Crippen LogP contribution in [0.1, 0.15) is 41.6 Å². The van der Waals surface area contributed by atoms with E-state index in [1.165, 1.54) is 0 Å². The van der Waals surface area contributed by atoms with E-state index in [-0.39, 0.29) is 23.7 Å². The van der Waals surface area contributed by atoms with Crippen LogP contribution in [-0.4, -0.2) is 40.8 Å². The van der Waals surface area contributed by atoms with Gasteiger partial charge in [-0.1, -0.05) is 36.4 Å². The van der Waals surface area contributed by atoms with Crippen molar-refractivity contribution in [2.24, 2.45) is 11.7 Å². The van der Waals surface area contributed by atoms with Crippen molar-refractivity contribution in [1.82, 2.24) is 4.90 Å². The van der Waals surface area contributed by atoms with Gasteiger partial charge in [0.15, 0.2) is 0 Å². The van der Waals surface area contributed by atoms with E-state index in [0.717, 1.165) is 24.0 Å². The van der Waals surface area contributed by atoms with E-state index >= 15 is 0 Å². The van der Waals surface area contributed by atoms with Gasteiger partial charge in [0.1, 0.15) is 5.84 Å². The van der Waals surface area contributed by atoms with Crippen molar-refractivity contribution in [3.8, 4) is 11.1 Å². The smallest absolute Gasteiger partial charge is 0.306 e. The zero-order valence-electron chi connectivity index (χ0n) is 15.9. The second kappa shape index (κ2) is 8.25. The van der Waals surface area contributed by atoms with Crippen LogP contribution in [0, 0.1) is 11.3 Å². The molecular weight excluding hydrogens is 354 g/mol. The highest BCUT2D eigenvalue weighted by molar-refractivity contribution is 5.96. The van der Waals surface area contributed by atoms with Crippen molar-refractivity contribution >= 4 is 17.7 Å². The zero-order chi connectivity index (χ0) is 20.3. The van der Waals surface area contributed by atoms with Gasteiger partial charge in [0.2, 0.25) is 0 Å². The lowest BCUT2D eigenvalue weighted by molar-refractivity contribution is -0.143. The van der Waals surface area contributed by atoms with E-state index < -0.39 is 5.97 Å². The molecular formula is C22H25N3O3. The molecule has 0 saturated heterocycles. The van der Waals surface area contributed by atoms with Crippen molar-refractivity contribution < 1.29 is 14.7 Å². The summed E-state index contributed by atoms with van der Waals surface area (Å²) in [5.41, 5.74) is 8.75. The molecule has 1 fully saturated rings. The maximum atomic E-state index is 12.8. The normalized spacial score (nSPS) is 19.0. The van der Waals surface area contributed by atoms with Gasteiger partial charge in [0.25, 0.3) is 5.91 Å². The largest absolute Gasteiger partial charge is 0.481 e. The lowest BCUT2D eigenvalue weighted by atomic mass is 9.85. The number of carboxylic acid groups (broad SMARTS) is 1. The van der Waals surface area contributed by atoms with Gasteiger partial charge in [-0.2, -0.15) is 0 Å². The molecule has 0 atom stereocenters. The van der Waals surface area contributed by atoms with Gasteiger partial charge in [-0.3, -0.25) is 15.0 Å². The summed E-state index contributed by atoms with van der Waals surface area (Å²) >= 11 is 0. The number of amides is 1. The number of nitrogen functional groups attached to an aromatic ring is 1. The van der Waals surface area contributed by atoms with Gasteiger partial charge in [-0.05, 0) is 48.9 Å². The summed E-state index contributed by atoms with van der Waals surface area (Å²) in [6.45, 7) is 0. The molecule has 1 aliphatic carbocycles. The molecule has 0 heterocycles. The third-order valence-electron chi connectivity index (χ3n) is 5.58. The monoisotopic (exact) mass is 379 g/mol. The third-order valence-corrected chi connectivity index (χ3v) is 5.58. The SMILES string of the molecule is CN(C(=O)c1ccc(-c2ccc(C(=N)N)cc2)cc1)C1CCC(C(=O)O)CC1. The molecule has 6 heteroatoms. The molecule has 1 aliphatic rings. The van der Waals surface area contributed by atoms with Gasteiger partial charge in [0.05, 0.1) is 5.92 Å². The lowest BCUT2D eigenvalue weighted by Crippen LogP contribution is -2.40. The number of aliphatic carboxylic acids is 1. The molecule has 0 unspecified atom stereocenters. The van der Waals surface area contributed by atoms with E-state index in [0.29, 0.717) is 24.0 Å². The molecule has 0 spiro atoms. The Morgan fingerprint density at radius 1 is 0.929 bits per heavy atom. The van der Waals surface area contributed by atoms with Crippen LogP contribution in [0.4, 0.5) is 0 Å². The minimum Gasteiger partial charge on any atom is -0.481 e. The number of hydrogen-bond acceptors (Lipinski definition) is 3. The molecule has 3 rings (SSSR count). The highest BCUT2D eigenvalue weighted by atomic mass is 16.4. The molecule has 1 amide bonds. The number of rotatable bonds is 5. The first-order valence-electron chi connectivity index (χ1n) is 9.41. The first-order valence-corrected chi connectivity index (χ1v) is 9.41. The summed E-state index contributed by atoms with van der Waals surface area (Å²) in [4.78, 5) is 25.6. The number of carbonyl (C=O) groups excluding carboxylic acids is 1. The summed E-state index contributed by atoms with van der Waals surface area (Å²) in [5, 5.41) is 16.6. The standard InChI is InChI=1S/C22H25N3O3/c1-25(19-12-10-18(11-13-19)22(27)28)21(26)17-8-4-15(5-9-17)14-2-6-16(7-3-14)20(23)24/h2-9,18-19H,10-13H2,1H3,(H3,23,24)(H,27,28). The van der Waals surface area contributed by atoms with Gasteiger partial charge in [-0.25, -0.2) is 0 Å². The molecule has 2 aromatic rings. The van der Waals surface area contributed by atoms with Crippen LogP contribution in [0.3, 0.4) is 0 Å². The number of carbonyl (C=O) groups is 2. The van der Waals surface area contributed by atoms with Gasteiger partial charge < -0.3 is 15.7 Å². The fourth-order valence-electron chi connectivity index (χ4n) is 3.73. The van der Waals surface area contributed by atoms with Crippen LogP contribution >= 0.6 is 0 Å². The zero-order valence-corrected chi connectivity index (χ0v) is 15.9. The molecule has 6 nitrogen and oxygen atoms in total. The second-order valence-corrected chi connectivity index (χ2v) is 7.33. The topological polar surface area (TPSA) is 107 Å². The molecule has 146 valence electrons. The molecule has 0 radical (unpaired) electrons. The number of nitrogens with two attached hydrogens (primary N) is 1. The first-order chi connectivity index (χ1) is 13.4. The number of amidine groups is 1. The van der Waals surface area contributed by atoms with E-state index in [9.17, 15) is 9.59 Å². The average molecular weight is 379 g/mol. The number of nitrogens with one attached hydrogen (secondary N) is 1. The average Bonchev–Trinajstić information content (AvgIpc) is 2.73. The van der Waals surface area contributed by atoms with Gasteiger partial charge >= 0.3 is 5.97 Å². The van der Waals surface area contributed by atoms with Crippen LogP contribution in [0.25, 0.3) is 11.1 Å². The predicted molar refractivity (Wildman–Crippen MR) is 108 cm³/mol. The van der Waals surface area contributed by atoms with Crippen LogP contribution < -0.4 is 5.73 Å². The van der Waals surface area contributed by atoms with Gasteiger partial charge in [-0.15, -0.1) is 0 Å². The number of carboxylic acids is 1. The Hall–Kier alpha value is -3.15. The van der Waals surface area contributed by atoms with E-state index in [1.54, 1.807) is 24.1 Å². The minimum atomic E-state index is -0.737. The van der Waals surface area contributed by atoms with Crippen molar-refractivity contribution in [1.29, 1.82) is 5.41 Å². The summed E-state index contributed by atoms with van der Waals surface area (Å²) in [5.74, 6) is -1.03. The Morgan fingerprint density at radius 3 is 1.82 bits per heavy atom. The second-order valence-electron chi connectivity index (χ2n) is 7.33. The summed E-state index contributed by atoms with van der Waals surface area (Å²) < 4.78 is 0. The van der Waals surface area contributed by atoms with Crippen LogP contribution in [-0.2, 0) is 4.79 Å². The van der Waals surface area contributed by atoms with Crippen molar-refractivity contribution in [2.75, 3.05) is 7.05 Å². The van der Waals surface area contributed by atoms with Crippen LogP contribution in [0.5, 0.6) is 0 Å². The maximum Gasteiger partial charge on any atom is 0.306 e. The quantitative estimate of drug-likeness (QED) is 0.547. The van der Waals surface area contributed by atoms with Crippen molar-refractivity contribution in [3.63, 3.8) is 0 Å². The van der Waals surface area contributed by atoms with E-state index in [2.05, 4.69) is 0 Å². The summed E-state index contributed by atoms with van der Waals surface area (Å²) in [7, 11) is 1.79. The summed E-state index contributed by atoms with van der Waals surface area (Å²) in [6, 6.07) is 14.9. The molecule has 4 N–H and O–H groups in total. The maximum absolute atomic E-state index is 12.8. The first kappa shape index (κ1) is 19.6. The van der Waals surface area contributed by atoms with Gasteiger partial charge in [0, 0.05) is 24.2 Å². The van der Waals surface area contributed by atoms with E-state index in [4.69, 9.17) is 16.2 Å².